The molecule has 5 heteroatoms. The number of halogens is 1. The van der Waals surface area contributed by atoms with Gasteiger partial charge >= 0.3 is 0 Å². The molecule has 0 spiro atoms. The summed E-state index contributed by atoms with van der Waals surface area (Å²) in [5, 5.41) is 3.98. The number of nitrogens with zero attached hydrogens (tertiary/aromatic N) is 1. The minimum absolute atomic E-state index is 0.201. The Morgan fingerprint density at radius 2 is 2.06 bits per heavy atom. The second-order valence-corrected chi connectivity index (χ2v) is 5.97. The van der Waals surface area contributed by atoms with Gasteiger partial charge in [0.1, 0.15) is 0 Å². The first-order chi connectivity index (χ1) is 7.83. The summed E-state index contributed by atoms with van der Waals surface area (Å²) in [5.41, 5.74) is 0. The Morgan fingerprint density at radius 1 is 1.31 bits per heavy atom. The van der Waals surface area contributed by atoms with Crippen LogP contribution in [-0.4, -0.2) is 53.8 Å². The smallest absolute Gasteiger partial charge is 0.220 e. The number of nitrogens with one attached hydrogen (secondary N) is 1. The Hall–Kier alpha value is 0.260. The second kappa shape index (κ2) is 9.31. The Bertz CT molecular complexity index is 198. The lowest BCUT2D eigenvalue weighted by Crippen LogP contribution is -2.39. The van der Waals surface area contributed by atoms with Gasteiger partial charge in [0.25, 0.3) is 0 Å². The van der Waals surface area contributed by atoms with Crippen LogP contribution in [0.1, 0.15) is 19.3 Å². The molecule has 1 heterocycles. The van der Waals surface area contributed by atoms with Gasteiger partial charge in [-0.25, -0.2) is 0 Å². The SMILES string of the molecule is O=C(CCCCBr)NCCN1CCSCC1. The van der Waals surface area contributed by atoms with Crippen LogP contribution in [0.25, 0.3) is 0 Å². The van der Waals surface area contributed by atoms with E-state index >= 15 is 0 Å². The quantitative estimate of drug-likeness (QED) is 0.574. The summed E-state index contributed by atoms with van der Waals surface area (Å²) in [6, 6.07) is 0. The largest absolute Gasteiger partial charge is 0.355 e. The molecule has 3 nitrogen and oxygen atoms in total. The number of carbonyl (C=O) groups excluding carboxylic acids is 1. The Morgan fingerprint density at radius 3 is 2.75 bits per heavy atom. The molecular weight excluding hydrogens is 288 g/mol. The highest BCUT2D eigenvalue weighted by Gasteiger charge is 2.09. The van der Waals surface area contributed by atoms with Crippen LogP contribution >= 0.6 is 27.7 Å². The number of unbranched alkanes of at least 4 members (excludes halogenated alkanes) is 1. The van der Waals surface area contributed by atoms with Gasteiger partial charge in [-0.2, -0.15) is 11.8 Å². The van der Waals surface area contributed by atoms with Gasteiger partial charge in [0, 0.05) is 49.4 Å². The van der Waals surface area contributed by atoms with Crippen LogP contribution in [0.3, 0.4) is 0 Å². The molecule has 94 valence electrons. The highest BCUT2D eigenvalue weighted by atomic mass is 79.9. The van der Waals surface area contributed by atoms with E-state index in [4.69, 9.17) is 0 Å². The number of hydrogen-bond donors (Lipinski definition) is 1. The molecule has 1 fully saturated rings. The van der Waals surface area contributed by atoms with Crippen LogP contribution in [0.2, 0.25) is 0 Å². The van der Waals surface area contributed by atoms with Crippen molar-refractivity contribution >= 4 is 33.6 Å². The van der Waals surface area contributed by atoms with Gasteiger partial charge in [-0.05, 0) is 12.8 Å². The van der Waals surface area contributed by atoms with E-state index in [1.165, 1.54) is 24.6 Å². The topological polar surface area (TPSA) is 32.3 Å². The maximum atomic E-state index is 11.4. The molecule has 0 aromatic carbocycles. The first kappa shape index (κ1) is 14.3. The van der Waals surface area contributed by atoms with Gasteiger partial charge in [-0.3, -0.25) is 9.69 Å². The first-order valence-corrected chi connectivity index (χ1v) is 8.23. The Kier molecular flexibility index (Phi) is 8.33. The number of rotatable bonds is 7. The van der Waals surface area contributed by atoms with Crippen molar-refractivity contribution in [3.63, 3.8) is 0 Å². The highest BCUT2D eigenvalue weighted by Crippen LogP contribution is 2.07. The molecule has 0 aromatic rings. The maximum Gasteiger partial charge on any atom is 0.220 e. The summed E-state index contributed by atoms with van der Waals surface area (Å²) in [7, 11) is 0. The van der Waals surface area contributed by atoms with Crippen molar-refractivity contribution in [3.05, 3.63) is 0 Å². The van der Waals surface area contributed by atoms with Crippen molar-refractivity contribution in [3.8, 4) is 0 Å². The van der Waals surface area contributed by atoms with Gasteiger partial charge in [-0.1, -0.05) is 15.9 Å². The fraction of sp³-hybridized carbons (Fsp3) is 0.909. The molecule has 0 aliphatic carbocycles. The van der Waals surface area contributed by atoms with E-state index in [1.807, 2.05) is 11.8 Å². The molecule has 1 amide bonds. The van der Waals surface area contributed by atoms with Crippen molar-refractivity contribution < 1.29 is 4.79 Å². The normalized spacial score (nSPS) is 17.3. The summed E-state index contributed by atoms with van der Waals surface area (Å²) >= 11 is 5.38. The third-order valence-electron chi connectivity index (χ3n) is 2.64. The number of thioether (sulfide) groups is 1. The average Bonchev–Trinajstić information content (AvgIpc) is 2.31. The van der Waals surface area contributed by atoms with Gasteiger partial charge in [0.2, 0.25) is 5.91 Å². The molecule has 16 heavy (non-hydrogen) atoms. The molecule has 1 aliphatic rings. The summed E-state index contributed by atoms with van der Waals surface area (Å²) in [6.45, 7) is 4.15. The zero-order valence-corrected chi connectivity index (χ0v) is 12.1. The van der Waals surface area contributed by atoms with E-state index in [0.29, 0.717) is 6.42 Å². The minimum atomic E-state index is 0.201. The monoisotopic (exact) mass is 308 g/mol. The Labute approximate surface area is 111 Å². The van der Waals surface area contributed by atoms with Crippen LogP contribution in [0, 0.1) is 0 Å². The molecule has 0 atom stereocenters. The summed E-state index contributed by atoms with van der Waals surface area (Å²) in [5.74, 6) is 2.67. The molecule has 0 bridgehead atoms. The highest BCUT2D eigenvalue weighted by molar-refractivity contribution is 9.09. The number of alkyl halides is 1. The van der Waals surface area contributed by atoms with E-state index in [9.17, 15) is 4.79 Å². The molecule has 1 aliphatic heterocycles. The predicted molar refractivity (Wildman–Crippen MR) is 74.4 cm³/mol. The van der Waals surface area contributed by atoms with Crippen LogP contribution in [0.15, 0.2) is 0 Å². The van der Waals surface area contributed by atoms with Gasteiger partial charge in [-0.15, -0.1) is 0 Å². The standard InChI is InChI=1S/C11H21BrN2OS/c12-4-2-1-3-11(15)13-5-6-14-7-9-16-10-8-14/h1-10H2,(H,13,15). The van der Waals surface area contributed by atoms with E-state index in [2.05, 4.69) is 26.1 Å². The van der Waals surface area contributed by atoms with Crippen LogP contribution in [-0.2, 0) is 4.79 Å². The number of amides is 1. The lowest BCUT2D eigenvalue weighted by Gasteiger charge is -2.25. The van der Waals surface area contributed by atoms with E-state index in [1.54, 1.807) is 0 Å². The molecule has 0 saturated carbocycles. The fourth-order valence-electron chi connectivity index (χ4n) is 1.65. The Balaban J connectivity index is 1.94. The third kappa shape index (κ3) is 6.76. The summed E-state index contributed by atoms with van der Waals surface area (Å²) in [4.78, 5) is 13.8. The lowest BCUT2D eigenvalue weighted by molar-refractivity contribution is -0.121. The zero-order valence-electron chi connectivity index (χ0n) is 9.71. The predicted octanol–water partition coefficient (Wildman–Crippen LogP) is 1.72. The van der Waals surface area contributed by atoms with Crippen LogP contribution in [0.5, 0.6) is 0 Å². The van der Waals surface area contributed by atoms with Gasteiger partial charge in [0.15, 0.2) is 0 Å². The summed E-state index contributed by atoms with van der Waals surface area (Å²) in [6.07, 6.45) is 2.73. The number of hydrogen-bond acceptors (Lipinski definition) is 3. The van der Waals surface area contributed by atoms with E-state index in [-0.39, 0.29) is 5.91 Å². The van der Waals surface area contributed by atoms with Crippen molar-refractivity contribution in [2.45, 2.75) is 19.3 Å². The molecule has 0 aromatic heterocycles. The zero-order chi connectivity index (χ0) is 11.6. The number of carbonyl (C=O) groups is 1. The minimum Gasteiger partial charge on any atom is -0.355 e. The average molecular weight is 309 g/mol. The first-order valence-electron chi connectivity index (χ1n) is 5.95. The third-order valence-corrected chi connectivity index (χ3v) is 4.14. The van der Waals surface area contributed by atoms with E-state index < -0.39 is 0 Å². The van der Waals surface area contributed by atoms with E-state index in [0.717, 1.165) is 31.3 Å². The van der Waals surface area contributed by atoms with Gasteiger partial charge in [0.05, 0.1) is 0 Å². The van der Waals surface area contributed by atoms with Crippen molar-refractivity contribution in [1.29, 1.82) is 0 Å². The molecule has 1 saturated heterocycles. The molecule has 1 rings (SSSR count). The van der Waals surface area contributed by atoms with Crippen LogP contribution < -0.4 is 5.32 Å². The van der Waals surface area contributed by atoms with Crippen molar-refractivity contribution in [2.24, 2.45) is 0 Å². The fourth-order valence-corrected chi connectivity index (χ4v) is 3.02. The molecule has 1 N–H and O–H groups in total. The van der Waals surface area contributed by atoms with Gasteiger partial charge < -0.3 is 5.32 Å². The molecular formula is C11H21BrN2OS. The molecule has 0 radical (unpaired) electrons. The second-order valence-electron chi connectivity index (χ2n) is 3.95. The van der Waals surface area contributed by atoms with Crippen LogP contribution in [0.4, 0.5) is 0 Å². The molecule has 0 unspecified atom stereocenters. The van der Waals surface area contributed by atoms with Crippen molar-refractivity contribution in [1.82, 2.24) is 10.2 Å². The maximum absolute atomic E-state index is 11.4. The van der Waals surface area contributed by atoms with Crippen molar-refractivity contribution in [2.75, 3.05) is 43.0 Å². The summed E-state index contributed by atoms with van der Waals surface area (Å²) < 4.78 is 0. The lowest BCUT2D eigenvalue weighted by atomic mass is 10.2.